The molecule has 1 heterocycles. The Labute approximate surface area is 43.4 Å². The van der Waals surface area contributed by atoms with Crippen molar-refractivity contribution in [2.45, 2.75) is 6.10 Å². The van der Waals surface area contributed by atoms with Crippen molar-refractivity contribution < 1.29 is 9.47 Å². The Hall–Kier alpha value is -0.0800. The highest BCUT2D eigenvalue weighted by Gasteiger charge is 2.16. The summed E-state index contributed by atoms with van der Waals surface area (Å²) >= 11 is 0. The average molecular weight is 101 g/mol. The van der Waals surface area contributed by atoms with Crippen LogP contribution in [0.1, 0.15) is 0 Å². The van der Waals surface area contributed by atoms with Crippen LogP contribution < -0.4 is 0 Å². The highest BCUT2D eigenvalue weighted by atomic mass is 16.6. The smallest absolute Gasteiger partial charge is 0.104 e. The summed E-state index contributed by atoms with van der Waals surface area (Å²) in [5.74, 6) is 0. The minimum absolute atomic E-state index is 0.345. The van der Waals surface area contributed by atoms with Crippen molar-refractivity contribution in [3.63, 3.8) is 0 Å². The van der Waals surface area contributed by atoms with E-state index in [0.29, 0.717) is 12.7 Å². The first kappa shape index (κ1) is 5.06. The van der Waals surface area contributed by atoms with Gasteiger partial charge < -0.3 is 9.47 Å². The molecular weight excluding hydrogens is 92.1 g/mol. The fourth-order valence-electron chi connectivity index (χ4n) is 0.477. The molecule has 1 fully saturated rings. The first-order valence-corrected chi connectivity index (χ1v) is 2.42. The van der Waals surface area contributed by atoms with Crippen LogP contribution in [0.2, 0.25) is 0 Å². The molecule has 0 N–H and O–H groups in total. The van der Waals surface area contributed by atoms with E-state index >= 15 is 0 Å². The molecule has 1 radical (unpaired) electrons. The Kier molecular flexibility index (Phi) is 1.65. The van der Waals surface area contributed by atoms with Crippen LogP contribution in [0, 0.1) is 6.92 Å². The molecule has 1 aliphatic heterocycles. The van der Waals surface area contributed by atoms with Gasteiger partial charge in [-0.25, -0.2) is 0 Å². The summed E-state index contributed by atoms with van der Waals surface area (Å²) in [6.07, 6.45) is 0.345. The fourth-order valence-corrected chi connectivity index (χ4v) is 0.477. The van der Waals surface area contributed by atoms with Crippen LogP contribution in [0.5, 0.6) is 0 Å². The summed E-state index contributed by atoms with van der Waals surface area (Å²) in [5, 5.41) is 0. The molecule has 0 unspecified atom stereocenters. The third-order valence-corrected chi connectivity index (χ3v) is 0.961. The lowest BCUT2D eigenvalue weighted by atomic mass is 10.3. The van der Waals surface area contributed by atoms with E-state index in [-0.39, 0.29) is 0 Å². The molecule has 0 aromatic rings. The largest absolute Gasteiger partial charge is 0.376 e. The molecule has 1 rings (SSSR count). The van der Waals surface area contributed by atoms with E-state index in [1.54, 1.807) is 0 Å². The second kappa shape index (κ2) is 2.28. The van der Waals surface area contributed by atoms with Crippen molar-refractivity contribution in [3.05, 3.63) is 6.92 Å². The summed E-state index contributed by atoms with van der Waals surface area (Å²) in [4.78, 5) is 0. The minimum Gasteiger partial charge on any atom is -0.376 e. The first-order chi connectivity index (χ1) is 3.43. The van der Waals surface area contributed by atoms with Crippen LogP contribution in [0.25, 0.3) is 0 Å². The highest BCUT2D eigenvalue weighted by Crippen LogP contribution is 2.03. The zero-order chi connectivity index (χ0) is 5.11. The second-order valence-corrected chi connectivity index (χ2v) is 1.53. The number of hydrogen-bond acceptors (Lipinski definition) is 2. The number of rotatable bonds is 2. The standard InChI is InChI=1S/C5H9O2/c1-2-7-5-3-6-4-5/h5H,1-4H2. The third kappa shape index (κ3) is 1.14. The first-order valence-electron chi connectivity index (χ1n) is 2.42. The molecule has 0 aromatic heterocycles. The SMILES string of the molecule is [CH2]COC1COC1. The van der Waals surface area contributed by atoms with Crippen molar-refractivity contribution in [1.29, 1.82) is 0 Å². The molecule has 0 aliphatic carbocycles. The van der Waals surface area contributed by atoms with Crippen LogP contribution in [0.3, 0.4) is 0 Å². The molecule has 0 bridgehead atoms. The van der Waals surface area contributed by atoms with Crippen molar-refractivity contribution in [3.8, 4) is 0 Å². The predicted molar refractivity (Wildman–Crippen MR) is 25.9 cm³/mol. The van der Waals surface area contributed by atoms with Crippen molar-refractivity contribution in [1.82, 2.24) is 0 Å². The summed E-state index contributed by atoms with van der Waals surface area (Å²) in [6.45, 7) is 5.61. The molecule has 0 saturated carbocycles. The maximum atomic E-state index is 5.04. The van der Waals surface area contributed by atoms with Gasteiger partial charge in [-0.2, -0.15) is 0 Å². The number of hydrogen-bond donors (Lipinski definition) is 0. The molecule has 0 atom stereocenters. The van der Waals surface area contributed by atoms with Gasteiger partial charge in [0, 0.05) is 6.61 Å². The molecule has 1 saturated heterocycles. The van der Waals surface area contributed by atoms with E-state index in [4.69, 9.17) is 9.47 Å². The molecule has 0 amide bonds. The zero-order valence-corrected chi connectivity index (χ0v) is 4.22. The van der Waals surface area contributed by atoms with Crippen LogP contribution in [0.15, 0.2) is 0 Å². The van der Waals surface area contributed by atoms with E-state index in [1.165, 1.54) is 0 Å². The fraction of sp³-hybridized carbons (Fsp3) is 0.800. The lowest BCUT2D eigenvalue weighted by Crippen LogP contribution is -2.35. The van der Waals surface area contributed by atoms with E-state index in [1.807, 2.05) is 0 Å². The summed E-state index contributed by atoms with van der Waals surface area (Å²) in [5.41, 5.74) is 0. The Bertz CT molecular complexity index is 50.0. The summed E-state index contributed by atoms with van der Waals surface area (Å²) in [6, 6.07) is 0. The average Bonchev–Trinajstić information content (AvgIpc) is 1.55. The molecule has 1 aliphatic rings. The van der Waals surface area contributed by atoms with E-state index < -0.39 is 0 Å². The Morgan fingerprint density at radius 3 is 2.57 bits per heavy atom. The van der Waals surface area contributed by atoms with Gasteiger partial charge in [0.05, 0.1) is 13.2 Å². The Morgan fingerprint density at radius 1 is 1.71 bits per heavy atom. The van der Waals surface area contributed by atoms with Gasteiger partial charge in [0.1, 0.15) is 6.10 Å². The van der Waals surface area contributed by atoms with E-state index in [0.717, 1.165) is 13.2 Å². The minimum atomic E-state index is 0.345. The van der Waals surface area contributed by atoms with Crippen LogP contribution in [-0.2, 0) is 9.47 Å². The molecule has 2 nitrogen and oxygen atoms in total. The van der Waals surface area contributed by atoms with E-state index in [2.05, 4.69) is 6.92 Å². The predicted octanol–water partition coefficient (Wildman–Crippen LogP) is 0.236. The van der Waals surface area contributed by atoms with Crippen LogP contribution in [0.4, 0.5) is 0 Å². The quantitative estimate of drug-likeness (QED) is 0.496. The van der Waals surface area contributed by atoms with Crippen molar-refractivity contribution >= 4 is 0 Å². The summed E-state index contributed by atoms with van der Waals surface area (Å²) < 4.78 is 9.88. The second-order valence-electron chi connectivity index (χ2n) is 1.53. The van der Waals surface area contributed by atoms with Gasteiger partial charge >= 0.3 is 0 Å². The van der Waals surface area contributed by atoms with Gasteiger partial charge in [0.2, 0.25) is 0 Å². The maximum Gasteiger partial charge on any atom is 0.104 e. The van der Waals surface area contributed by atoms with Crippen molar-refractivity contribution in [2.24, 2.45) is 0 Å². The lowest BCUT2D eigenvalue weighted by molar-refractivity contribution is -0.123. The Morgan fingerprint density at radius 2 is 2.43 bits per heavy atom. The Balaban J connectivity index is 1.93. The summed E-state index contributed by atoms with van der Waals surface area (Å²) in [7, 11) is 0. The van der Waals surface area contributed by atoms with Crippen molar-refractivity contribution in [2.75, 3.05) is 19.8 Å². The lowest BCUT2D eigenvalue weighted by Gasteiger charge is -2.24. The zero-order valence-electron chi connectivity index (χ0n) is 4.22. The van der Waals surface area contributed by atoms with Gasteiger partial charge in [0.25, 0.3) is 0 Å². The monoisotopic (exact) mass is 101 g/mol. The normalized spacial score (nSPS) is 21.9. The molecule has 41 valence electrons. The third-order valence-electron chi connectivity index (χ3n) is 0.961. The molecule has 2 heteroatoms. The van der Waals surface area contributed by atoms with Crippen LogP contribution >= 0.6 is 0 Å². The van der Waals surface area contributed by atoms with Gasteiger partial charge in [-0.1, -0.05) is 0 Å². The van der Waals surface area contributed by atoms with Gasteiger partial charge in [-0.15, -0.1) is 0 Å². The van der Waals surface area contributed by atoms with Crippen LogP contribution in [-0.4, -0.2) is 25.9 Å². The molecule has 0 spiro atoms. The molecule has 7 heavy (non-hydrogen) atoms. The highest BCUT2D eigenvalue weighted by molar-refractivity contribution is 4.63. The van der Waals surface area contributed by atoms with Gasteiger partial charge in [-0.05, 0) is 6.92 Å². The van der Waals surface area contributed by atoms with Gasteiger partial charge in [-0.3, -0.25) is 0 Å². The van der Waals surface area contributed by atoms with E-state index in [9.17, 15) is 0 Å². The topological polar surface area (TPSA) is 18.5 Å². The maximum absolute atomic E-state index is 5.04. The number of ether oxygens (including phenoxy) is 2. The molecular formula is C5H9O2. The molecule has 0 aromatic carbocycles. The van der Waals surface area contributed by atoms with Gasteiger partial charge in [0.15, 0.2) is 0 Å².